The molecule has 0 saturated carbocycles. The number of carbonyl (C=O) groups excluding carboxylic acids is 1. The van der Waals surface area contributed by atoms with Crippen molar-refractivity contribution in [2.75, 3.05) is 57.9 Å². The second-order valence-corrected chi connectivity index (χ2v) is 6.43. The summed E-state index contributed by atoms with van der Waals surface area (Å²) in [5, 5.41) is 2.89. The summed E-state index contributed by atoms with van der Waals surface area (Å²) in [5.74, 6) is -0.313. The zero-order valence-corrected chi connectivity index (χ0v) is 14.5. The maximum Gasteiger partial charge on any atom is 0.322 e. The monoisotopic (exact) mass is 351 g/mol. The highest BCUT2D eigenvalue weighted by molar-refractivity contribution is 5.89. The van der Waals surface area contributed by atoms with E-state index in [1.54, 1.807) is 12.1 Å². The minimum Gasteiger partial charge on any atom is -0.381 e. The molecule has 0 spiro atoms. The third-order valence-electron chi connectivity index (χ3n) is 4.75. The first-order valence-electron chi connectivity index (χ1n) is 8.93. The minimum absolute atomic E-state index is 0.133. The van der Waals surface area contributed by atoms with Crippen LogP contribution in [-0.4, -0.2) is 74.5 Å². The van der Waals surface area contributed by atoms with Crippen molar-refractivity contribution in [1.82, 2.24) is 9.80 Å². The molecule has 2 saturated heterocycles. The fourth-order valence-electron chi connectivity index (χ4n) is 3.25. The Kier molecular flexibility index (Phi) is 6.61. The van der Waals surface area contributed by atoms with E-state index in [0.717, 1.165) is 45.7 Å². The van der Waals surface area contributed by atoms with E-state index in [9.17, 15) is 9.18 Å². The number of benzene rings is 1. The van der Waals surface area contributed by atoms with Crippen LogP contribution in [0.15, 0.2) is 24.3 Å². The molecule has 25 heavy (non-hydrogen) atoms. The average molecular weight is 351 g/mol. The van der Waals surface area contributed by atoms with Gasteiger partial charge in [0.25, 0.3) is 0 Å². The molecule has 2 heterocycles. The second-order valence-electron chi connectivity index (χ2n) is 6.43. The number of urea groups is 1. The van der Waals surface area contributed by atoms with Crippen LogP contribution in [-0.2, 0) is 9.47 Å². The van der Waals surface area contributed by atoms with Gasteiger partial charge in [-0.1, -0.05) is 0 Å². The number of amides is 2. The molecule has 0 radical (unpaired) electrons. The number of morpholine rings is 1. The van der Waals surface area contributed by atoms with Crippen LogP contribution in [0.1, 0.15) is 12.8 Å². The van der Waals surface area contributed by atoms with Crippen molar-refractivity contribution < 1.29 is 18.7 Å². The van der Waals surface area contributed by atoms with Crippen LogP contribution < -0.4 is 5.32 Å². The Morgan fingerprint density at radius 1 is 1.12 bits per heavy atom. The molecular formula is C18H26FN3O3. The topological polar surface area (TPSA) is 54.0 Å². The lowest BCUT2D eigenvalue weighted by molar-refractivity contribution is 0.0238. The molecule has 2 fully saturated rings. The fourth-order valence-corrected chi connectivity index (χ4v) is 3.25. The molecule has 6 nitrogen and oxygen atoms in total. The van der Waals surface area contributed by atoms with E-state index in [0.29, 0.717) is 25.4 Å². The van der Waals surface area contributed by atoms with Crippen LogP contribution in [0.2, 0.25) is 0 Å². The molecule has 0 aromatic heterocycles. The minimum atomic E-state index is -0.313. The summed E-state index contributed by atoms with van der Waals surface area (Å²) in [5.41, 5.74) is 0.606. The van der Waals surface area contributed by atoms with Crippen LogP contribution in [0.4, 0.5) is 14.9 Å². The van der Waals surface area contributed by atoms with Gasteiger partial charge in [0.2, 0.25) is 0 Å². The standard InChI is InChI=1S/C18H26FN3O3/c19-15-1-3-16(4-2-15)20-18(23)22(17-5-11-24-12-6-17)8-7-21-9-13-25-14-10-21/h1-4,17H,5-14H2,(H,20,23). The first kappa shape index (κ1) is 18.1. The number of anilines is 1. The number of nitrogens with zero attached hydrogens (tertiary/aromatic N) is 2. The zero-order chi connectivity index (χ0) is 17.5. The third kappa shape index (κ3) is 5.39. The van der Waals surface area contributed by atoms with Gasteiger partial charge in [0.15, 0.2) is 0 Å². The number of hydrogen-bond acceptors (Lipinski definition) is 4. The maximum absolute atomic E-state index is 13.0. The highest BCUT2D eigenvalue weighted by Crippen LogP contribution is 2.17. The number of halogens is 1. The molecule has 0 bridgehead atoms. The second kappa shape index (κ2) is 9.12. The highest BCUT2D eigenvalue weighted by atomic mass is 19.1. The molecule has 0 unspecified atom stereocenters. The van der Waals surface area contributed by atoms with Crippen molar-refractivity contribution in [3.05, 3.63) is 30.1 Å². The summed E-state index contributed by atoms with van der Waals surface area (Å²) < 4.78 is 23.9. The Bertz CT molecular complexity index is 543. The summed E-state index contributed by atoms with van der Waals surface area (Å²) in [6.45, 7) is 6.17. The van der Waals surface area contributed by atoms with Crippen LogP contribution in [0.3, 0.4) is 0 Å². The third-order valence-corrected chi connectivity index (χ3v) is 4.75. The average Bonchev–Trinajstić information content (AvgIpc) is 2.65. The first-order valence-corrected chi connectivity index (χ1v) is 8.93. The molecule has 1 aromatic carbocycles. The molecule has 0 aliphatic carbocycles. The van der Waals surface area contributed by atoms with E-state index in [-0.39, 0.29) is 17.9 Å². The molecule has 2 aliphatic rings. The van der Waals surface area contributed by atoms with Gasteiger partial charge in [-0.25, -0.2) is 9.18 Å². The quantitative estimate of drug-likeness (QED) is 0.883. The van der Waals surface area contributed by atoms with Gasteiger partial charge in [-0.3, -0.25) is 4.90 Å². The summed E-state index contributed by atoms with van der Waals surface area (Å²) in [6.07, 6.45) is 1.69. The van der Waals surface area contributed by atoms with Crippen LogP contribution >= 0.6 is 0 Å². The van der Waals surface area contributed by atoms with Gasteiger partial charge >= 0.3 is 6.03 Å². The predicted octanol–water partition coefficient (Wildman–Crippen LogP) is 2.17. The number of rotatable bonds is 5. The Morgan fingerprint density at radius 2 is 1.76 bits per heavy atom. The van der Waals surface area contributed by atoms with Gasteiger partial charge in [-0.05, 0) is 37.1 Å². The van der Waals surface area contributed by atoms with Gasteiger partial charge in [0.1, 0.15) is 5.82 Å². The lowest BCUT2D eigenvalue weighted by Gasteiger charge is -2.36. The molecule has 2 aliphatic heterocycles. The smallest absolute Gasteiger partial charge is 0.322 e. The molecule has 3 rings (SSSR count). The predicted molar refractivity (Wildman–Crippen MR) is 93.2 cm³/mol. The van der Waals surface area contributed by atoms with Crippen molar-refractivity contribution >= 4 is 11.7 Å². The zero-order valence-electron chi connectivity index (χ0n) is 14.5. The van der Waals surface area contributed by atoms with Gasteiger partial charge in [-0.15, -0.1) is 0 Å². The fraction of sp³-hybridized carbons (Fsp3) is 0.611. The first-order chi connectivity index (χ1) is 12.2. The Labute approximate surface area is 147 Å². The van der Waals surface area contributed by atoms with Crippen molar-refractivity contribution in [3.8, 4) is 0 Å². The normalized spacial score (nSPS) is 19.6. The van der Waals surface area contributed by atoms with E-state index in [4.69, 9.17) is 9.47 Å². The molecule has 1 aromatic rings. The summed E-state index contributed by atoms with van der Waals surface area (Å²) in [4.78, 5) is 17.0. The van der Waals surface area contributed by atoms with Crippen molar-refractivity contribution in [3.63, 3.8) is 0 Å². The maximum atomic E-state index is 13.0. The number of carbonyl (C=O) groups is 1. The Hall–Kier alpha value is -1.70. The summed E-state index contributed by atoms with van der Waals surface area (Å²) in [7, 11) is 0. The number of ether oxygens (including phenoxy) is 2. The summed E-state index contributed by atoms with van der Waals surface area (Å²) >= 11 is 0. The molecule has 2 amide bonds. The largest absolute Gasteiger partial charge is 0.381 e. The molecule has 1 N–H and O–H groups in total. The Morgan fingerprint density at radius 3 is 2.44 bits per heavy atom. The van der Waals surface area contributed by atoms with Gasteiger partial charge in [-0.2, -0.15) is 0 Å². The van der Waals surface area contributed by atoms with E-state index >= 15 is 0 Å². The SMILES string of the molecule is O=C(Nc1ccc(F)cc1)N(CCN1CCOCC1)C1CCOCC1. The molecule has 0 atom stereocenters. The molecular weight excluding hydrogens is 325 g/mol. The van der Waals surface area contributed by atoms with Gasteiger partial charge in [0.05, 0.1) is 13.2 Å². The van der Waals surface area contributed by atoms with Crippen LogP contribution in [0.5, 0.6) is 0 Å². The van der Waals surface area contributed by atoms with Gasteiger partial charge in [0, 0.05) is 51.1 Å². The van der Waals surface area contributed by atoms with E-state index in [1.165, 1.54) is 12.1 Å². The summed E-state index contributed by atoms with van der Waals surface area (Å²) in [6, 6.07) is 5.90. The number of hydrogen-bond donors (Lipinski definition) is 1. The van der Waals surface area contributed by atoms with E-state index < -0.39 is 0 Å². The van der Waals surface area contributed by atoms with Crippen molar-refractivity contribution in [2.24, 2.45) is 0 Å². The van der Waals surface area contributed by atoms with E-state index in [2.05, 4.69) is 10.2 Å². The lowest BCUT2D eigenvalue weighted by atomic mass is 10.1. The Balaban J connectivity index is 1.61. The van der Waals surface area contributed by atoms with Gasteiger partial charge < -0.3 is 19.7 Å². The number of nitrogens with one attached hydrogen (secondary N) is 1. The van der Waals surface area contributed by atoms with E-state index in [1.807, 2.05) is 4.90 Å². The van der Waals surface area contributed by atoms with Crippen molar-refractivity contribution in [1.29, 1.82) is 0 Å². The lowest BCUT2D eigenvalue weighted by Crippen LogP contribution is -2.49. The molecule has 138 valence electrons. The highest BCUT2D eigenvalue weighted by Gasteiger charge is 2.26. The van der Waals surface area contributed by atoms with Crippen LogP contribution in [0.25, 0.3) is 0 Å². The molecule has 7 heteroatoms. The van der Waals surface area contributed by atoms with Crippen LogP contribution in [0, 0.1) is 5.82 Å². The van der Waals surface area contributed by atoms with Crippen molar-refractivity contribution in [2.45, 2.75) is 18.9 Å².